The predicted molar refractivity (Wildman–Crippen MR) is 141 cm³/mol. The number of nitrogens with one attached hydrogen (secondary N) is 1. The Morgan fingerprint density at radius 1 is 1.00 bits per heavy atom. The molecular weight excluding hydrogens is 514 g/mol. The number of hydrogen-bond acceptors (Lipinski definition) is 7. The third kappa shape index (κ3) is 5.73. The van der Waals surface area contributed by atoms with Gasteiger partial charge in [0, 0.05) is 11.3 Å². The largest absolute Gasteiger partial charge is 0.497 e. The number of benzene rings is 3. The second kappa shape index (κ2) is 10.6. The van der Waals surface area contributed by atoms with E-state index in [0.717, 1.165) is 21.3 Å². The summed E-state index contributed by atoms with van der Waals surface area (Å²) in [5, 5.41) is 0. The van der Waals surface area contributed by atoms with Crippen LogP contribution in [0.2, 0.25) is 0 Å². The van der Waals surface area contributed by atoms with Crippen molar-refractivity contribution in [3.63, 3.8) is 0 Å². The molecule has 0 bridgehead atoms. The Hall–Kier alpha value is -3.96. The monoisotopic (exact) mass is 539 g/mol. The summed E-state index contributed by atoms with van der Waals surface area (Å²) in [5.74, 6) is -0.518. The lowest BCUT2D eigenvalue weighted by Crippen LogP contribution is -2.22. The number of esters is 1. The molecule has 1 N–H and O–H groups in total. The molecule has 0 radical (unpaired) electrons. The molecule has 0 aliphatic heterocycles. The van der Waals surface area contributed by atoms with Crippen LogP contribution in [0.1, 0.15) is 21.5 Å². The number of carbonyl (C=O) groups excluding carboxylic acids is 2. The first-order valence-electron chi connectivity index (χ1n) is 11.1. The Kier molecular flexibility index (Phi) is 7.46. The molecule has 0 atom stereocenters. The minimum absolute atomic E-state index is 0.0504. The van der Waals surface area contributed by atoms with Crippen LogP contribution >= 0.6 is 11.3 Å². The lowest BCUT2D eigenvalue weighted by atomic mass is 10.1. The Labute approximate surface area is 218 Å². The van der Waals surface area contributed by atoms with E-state index >= 15 is 0 Å². The second-order valence-electron chi connectivity index (χ2n) is 8.23. The van der Waals surface area contributed by atoms with Gasteiger partial charge in [-0.1, -0.05) is 17.4 Å². The zero-order valence-electron chi connectivity index (χ0n) is 20.6. The number of aromatic nitrogens is 1. The number of anilines is 1. The zero-order chi connectivity index (χ0) is 26.7. The third-order valence-corrected chi connectivity index (χ3v) is 8.18. The fourth-order valence-electron chi connectivity index (χ4n) is 3.59. The summed E-state index contributed by atoms with van der Waals surface area (Å²) < 4.78 is 40.5. The number of rotatable bonds is 7. The van der Waals surface area contributed by atoms with Crippen molar-refractivity contribution in [1.29, 1.82) is 0 Å². The summed E-state index contributed by atoms with van der Waals surface area (Å²) >= 11 is 1.28. The Balaban J connectivity index is 1.69. The van der Waals surface area contributed by atoms with Crippen LogP contribution in [0.5, 0.6) is 5.75 Å². The highest BCUT2D eigenvalue weighted by atomic mass is 32.2. The summed E-state index contributed by atoms with van der Waals surface area (Å²) in [5.41, 5.74) is 3.28. The number of carbonyl (C=O) groups is 2. The van der Waals surface area contributed by atoms with E-state index in [1.807, 2.05) is 26.0 Å². The Morgan fingerprint density at radius 3 is 2.38 bits per heavy atom. The van der Waals surface area contributed by atoms with Crippen LogP contribution in [0, 0.1) is 13.8 Å². The smallest absolute Gasteiger partial charge is 0.325 e. The summed E-state index contributed by atoms with van der Waals surface area (Å²) in [6.07, 6.45) is 0. The first-order valence-corrected chi connectivity index (χ1v) is 13.4. The van der Waals surface area contributed by atoms with E-state index in [2.05, 4.69) is 9.71 Å². The molecule has 9 nitrogen and oxygen atoms in total. The van der Waals surface area contributed by atoms with E-state index in [0.29, 0.717) is 10.6 Å². The molecule has 0 saturated carbocycles. The van der Waals surface area contributed by atoms with Gasteiger partial charge in [0.15, 0.2) is 4.80 Å². The second-order valence-corrected chi connectivity index (χ2v) is 10.9. The van der Waals surface area contributed by atoms with Crippen LogP contribution in [0.4, 0.5) is 5.69 Å². The van der Waals surface area contributed by atoms with Crippen LogP contribution in [0.3, 0.4) is 0 Å². The van der Waals surface area contributed by atoms with Gasteiger partial charge in [0.05, 0.1) is 29.3 Å². The van der Waals surface area contributed by atoms with E-state index in [4.69, 9.17) is 9.47 Å². The zero-order valence-corrected chi connectivity index (χ0v) is 22.3. The SMILES string of the molecule is COC(=O)Cn1c(=NC(=O)c2cccc(NS(=O)(=O)c3ccc(OC)cc3)c2)sc2cc(C)c(C)cc21. The van der Waals surface area contributed by atoms with Crippen LogP contribution < -0.4 is 14.3 Å². The summed E-state index contributed by atoms with van der Waals surface area (Å²) in [6, 6.07) is 15.9. The topological polar surface area (TPSA) is 116 Å². The molecule has 0 aliphatic rings. The van der Waals surface area contributed by atoms with Gasteiger partial charge < -0.3 is 14.0 Å². The van der Waals surface area contributed by atoms with Crippen LogP contribution in [0.25, 0.3) is 10.2 Å². The van der Waals surface area contributed by atoms with Gasteiger partial charge in [0.1, 0.15) is 12.3 Å². The summed E-state index contributed by atoms with van der Waals surface area (Å²) in [7, 11) is -1.10. The quantitative estimate of drug-likeness (QED) is 0.354. The maximum atomic E-state index is 13.1. The van der Waals surface area contributed by atoms with Crippen LogP contribution in [-0.2, 0) is 26.1 Å². The molecule has 192 valence electrons. The highest BCUT2D eigenvalue weighted by molar-refractivity contribution is 7.92. The lowest BCUT2D eigenvalue weighted by Gasteiger charge is -2.09. The molecule has 0 spiro atoms. The van der Waals surface area contributed by atoms with Gasteiger partial charge >= 0.3 is 5.97 Å². The van der Waals surface area contributed by atoms with Gasteiger partial charge in [-0.25, -0.2) is 8.42 Å². The van der Waals surface area contributed by atoms with E-state index < -0.39 is 21.9 Å². The number of hydrogen-bond donors (Lipinski definition) is 1. The molecule has 4 rings (SSSR count). The van der Waals surface area contributed by atoms with Crippen LogP contribution in [0.15, 0.2) is 70.6 Å². The molecular formula is C26H25N3O6S2. The highest BCUT2D eigenvalue weighted by Crippen LogP contribution is 2.23. The van der Waals surface area contributed by atoms with Crippen molar-refractivity contribution in [3.8, 4) is 5.75 Å². The average molecular weight is 540 g/mol. The molecule has 0 aliphatic carbocycles. The van der Waals surface area contributed by atoms with Crippen molar-refractivity contribution in [1.82, 2.24) is 4.57 Å². The number of ether oxygens (including phenoxy) is 2. The number of aryl methyl sites for hydroxylation is 2. The predicted octanol–water partition coefficient (Wildman–Crippen LogP) is 4.04. The minimum atomic E-state index is -3.89. The number of amides is 1. The third-order valence-electron chi connectivity index (χ3n) is 5.74. The van der Waals surface area contributed by atoms with E-state index in [9.17, 15) is 18.0 Å². The fraction of sp³-hybridized carbons (Fsp3) is 0.192. The Morgan fingerprint density at radius 2 is 1.70 bits per heavy atom. The van der Waals surface area contributed by atoms with Crippen molar-refractivity contribution < 1.29 is 27.5 Å². The fourth-order valence-corrected chi connectivity index (χ4v) is 5.75. The highest BCUT2D eigenvalue weighted by Gasteiger charge is 2.17. The maximum absolute atomic E-state index is 13.1. The molecule has 3 aromatic carbocycles. The maximum Gasteiger partial charge on any atom is 0.325 e. The van der Waals surface area contributed by atoms with Crippen molar-refractivity contribution in [3.05, 3.63) is 82.2 Å². The van der Waals surface area contributed by atoms with Gasteiger partial charge in [0.2, 0.25) is 0 Å². The molecule has 1 heterocycles. The molecule has 0 fully saturated rings. The van der Waals surface area contributed by atoms with Gasteiger partial charge in [-0.15, -0.1) is 0 Å². The van der Waals surface area contributed by atoms with Gasteiger partial charge in [0.25, 0.3) is 15.9 Å². The normalized spacial score (nSPS) is 11.9. The minimum Gasteiger partial charge on any atom is -0.497 e. The molecule has 4 aromatic rings. The molecule has 1 aromatic heterocycles. The standard InChI is InChI=1S/C26H25N3O6S2/c1-16-12-22-23(13-17(16)2)36-26(29(22)15-24(30)35-4)27-25(31)18-6-5-7-19(14-18)28-37(32,33)21-10-8-20(34-3)9-11-21/h5-14,28H,15H2,1-4H3. The van der Waals surface area contributed by atoms with Gasteiger partial charge in [-0.05, 0) is 79.6 Å². The molecule has 0 unspecified atom stereocenters. The Bertz CT molecular complexity index is 1670. The molecule has 0 saturated heterocycles. The van der Waals surface area contributed by atoms with E-state index in [1.54, 1.807) is 34.9 Å². The number of thiazole rings is 1. The van der Waals surface area contributed by atoms with Crippen LogP contribution in [-0.4, -0.2) is 39.1 Å². The molecule has 1 amide bonds. The number of methoxy groups -OCH3 is 2. The van der Waals surface area contributed by atoms with Gasteiger partial charge in [-0.2, -0.15) is 4.99 Å². The van der Waals surface area contributed by atoms with Crippen molar-refractivity contribution in [2.45, 2.75) is 25.3 Å². The molecule has 37 heavy (non-hydrogen) atoms. The number of sulfonamides is 1. The first kappa shape index (κ1) is 26.1. The molecule has 11 heteroatoms. The lowest BCUT2D eigenvalue weighted by molar-refractivity contribution is -0.141. The van der Waals surface area contributed by atoms with Gasteiger partial charge in [-0.3, -0.25) is 14.3 Å². The van der Waals surface area contributed by atoms with Crippen molar-refractivity contribution >= 4 is 49.1 Å². The summed E-state index contributed by atoms with van der Waals surface area (Å²) in [6.45, 7) is 3.85. The number of nitrogens with zero attached hydrogens (tertiary/aromatic N) is 2. The van der Waals surface area contributed by atoms with Crippen molar-refractivity contribution in [2.75, 3.05) is 18.9 Å². The van der Waals surface area contributed by atoms with E-state index in [1.165, 1.54) is 43.8 Å². The van der Waals surface area contributed by atoms with Crippen molar-refractivity contribution in [2.24, 2.45) is 4.99 Å². The summed E-state index contributed by atoms with van der Waals surface area (Å²) in [4.78, 5) is 29.8. The van der Waals surface area contributed by atoms with E-state index in [-0.39, 0.29) is 22.7 Å². The first-order chi connectivity index (χ1) is 17.6. The average Bonchev–Trinajstić information content (AvgIpc) is 3.19. The number of fused-ring (bicyclic) bond motifs is 1.